The van der Waals surface area contributed by atoms with Crippen molar-refractivity contribution in [3.63, 3.8) is 0 Å². The number of carboxylic acids is 1. The molecule has 1 aromatic heterocycles. The van der Waals surface area contributed by atoms with E-state index in [1.165, 1.54) is 16.4 Å². The molecular formula is C16H12ClN3O2S. The molecule has 116 valence electrons. The predicted molar refractivity (Wildman–Crippen MR) is 89.3 cm³/mol. The van der Waals surface area contributed by atoms with Crippen LogP contribution in [0.25, 0.3) is 5.69 Å². The summed E-state index contributed by atoms with van der Waals surface area (Å²) in [6.07, 6.45) is 0. The third-order valence-corrected chi connectivity index (χ3v) is 4.51. The van der Waals surface area contributed by atoms with Crippen LogP contribution in [0.4, 0.5) is 0 Å². The van der Waals surface area contributed by atoms with Gasteiger partial charge in [-0.2, -0.15) is 0 Å². The first kappa shape index (κ1) is 15.6. The Balaban J connectivity index is 1.98. The molecule has 23 heavy (non-hydrogen) atoms. The lowest BCUT2D eigenvalue weighted by Crippen LogP contribution is -2.06. The zero-order chi connectivity index (χ0) is 16.2. The monoisotopic (exact) mass is 345 g/mol. The number of rotatable bonds is 5. The van der Waals surface area contributed by atoms with Crippen LogP contribution in [0.3, 0.4) is 0 Å². The van der Waals surface area contributed by atoms with Crippen molar-refractivity contribution in [2.45, 2.75) is 10.6 Å². The number of carbonyl (C=O) groups is 1. The van der Waals surface area contributed by atoms with Crippen molar-refractivity contribution < 1.29 is 9.90 Å². The molecule has 0 fully saturated rings. The third-order valence-electron chi connectivity index (χ3n) is 3.17. The molecule has 7 heteroatoms. The lowest BCUT2D eigenvalue weighted by molar-refractivity contribution is 0.0689. The molecule has 0 saturated heterocycles. The Kier molecular flexibility index (Phi) is 4.64. The van der Waals surface area contributed by atoms with E-state index in [0.717, 1.165) is 4.90 Å². The summed E-state index contributed by atoms with van der Waals surface area (Å²) >= 11 is 7.71. The van der Waals surface area contributed by atoms with Crippen molar-refractivity contribution in [2.24, 2.45) is 0 Å². The first-order valence-corrected chi connectivity index (χ1v) is 8.14. The number of thioether (sulfide) groups is 1. The van der Waals surface area contributed by atoms with E-state index in [0.29, 0.717) is 22.2 Å². The van der Waals surface area contributed by atoms with Crippen molar-refractivity contribution >= 4 is 29.3 Å². The Morgan fingerprint density at radius 1 is 1.13 bits per heavy atom. The van der Waals surface area contributed by atoms with E-state index in [1.54, 1.807) is 18.2 Å². The normalized spacial score (nSPS) is 10.7. The Morgan fingerprint density at radius 3 is 2.52 bits per heavy atom. The maximum atomic E-state index is 11.4. The summed E-state index contributed by atoms with van der Waals surface area (Å²) in [7, 11) is 0. The Labute approximate surface area is 141 Å². The van der Waals surface area contributed by atoms with Crippen LogP contribution in [-0.2, 0) is 5.75 Å². The number of para-hydroxylation sites is 1. The van der Waals surface area contributed by atoms with Crippen LogP contribution < -0.4 is 0 Å². The predicted octanol–water partition coefficient (Wildman–Crippen LogP) is 3.91. The second-order valence-electron chi connectivity index (χ2n) is 4.65. The molecule has 2 aromatic carbocycles. The summed E-state index contributed by atoms with van der Waals surface area (Å²) in [5.74, 6) is -0.684. The fraction of sp³-hybridized carbons (Fsp3) is 0.0625. The van der Waals surface area contributed by atoms with Crippen LogP contribution in [-0.4, -0.2) is 26.1 Å². The van der Waals surface area contributed by atoms with Crippen molar-refractivity contribution in [3.05, 3.63) is 71.0 Å². The standard InChI is InChI=1S/C16H12ClN3O2S/c17-12-8-4-5-9-13(12)20-14(15(16(21)22)18-19-20)10-23-11-6-2-1-3-7-11/h1-9H,10H2,(H,21,22). The summed E-state index contributed by atoms with van der Waals surface area (Å²) in [6.45, 7) is 0. The largest absolute Gasteiger partial charge is 0.476 e. The third kappa shape index (κ3) is 3.38. The van der Waals surface area contributed by atoms with Crippen LogP contribution in [0.5, 0.6) is 0 Å². The van der Waals surface area contributed by atoms with Crippen LogP contribution >= 0.6 is 23.4 Å². The van der Waals surface area contributed by atoms with E-state index >= 15 is 0 Å². The van der Waals surface area contributed by atoms with Crippen molar-refractivity contribution in [1.82, 2.24) is 15.0 Å². The van der Waals surface area contributed by atoms with E-state index in [-0.39, 0.29) is 5.69 Å². The number of benzene rings is 2. The van der Waals surface area contributed by atoms with Gasteiger partial charge in [-0.05, 0) is 24.3 Å². The number of halogens is 1. The molecule has 0 aliphatic rings. The first-order valence-electron chi connectivity index (χ1n) is 6.77. The maximum absolute atomic E-state index is 11.4. The minimum Gasteiger partial charge on any atom is -0.476 e. The number of hydrogen-bond acceptors (Lipinski definition) is 4. The molecule has 0 radical (unpaired) electrons. The lowest BCUT2D eigenvalue weighted by Gasteiger charge is -2.08. The fourth-order valence-corrected chi connectivity index (χ4v) is 3.21. The summed E-state index contributed by atoms with van der Waals surface area (Å²) in [6, 6.07) is 16.9. The first-order chi connectivity index (χ1) is 11.2. The maximum Gasteiger partial charge on any atom is 0.358 e. The molecule has 3 aromatic rings. The average Bonchev–Trinajstić information content (AvgIpc) is 2.98. The Bertz CT molecular complexity index is 836. The van der Waals surface area contributed by atoms with Gasteiger partial charge in [0.15, 0.2) is 5.69 Å². The molecule has 5 nitrogen and oxygen atoms in total. The zero-order valence-electron chi connectivity index (χ0n) is 11.9. The highest BCUT2D eigenvalue weighted by molar-refractivity contribution is 7.98. The van der Waals surface area contributed by atoms with Gasteiger partial charge in [0.05, 0.1) is 16.4 Å². The van der Waals surface area contributed by atoms with Gasteiger partial charge in [0, 0.05) is 10.6 Å². The van der Waals surface area contributed by atoms with E-state index in [1.807, 2.05) is 36.4 Å². The van der Waals surface area contributed by atoms with Crippen molar-refractivity contribution in [3.8, 4) is 5.69 Å². The number of nitrogens with zero attached hydrogens (tertiary/aromatic N) is 3. The van der Waals surface area contributed by atoms with Gasteiger partial charge in [-0.25, -0.2) is 9.48 Å². The van der Waals surface area contributed by atoms with Crippen molar-refractivity contribution in [2.75, 3.05) is 0 Å². The minimum atomic E-state index is -1.10. The van der Waals surface area contributed by atoms with E-state index < -0.39 is 5.97 Å². The molecule has 0 saturated carbocycles. The molecule has 0 aliphatic carbocycles. The highest BCUT2D eigenvalue weighted by Crippen LogP contribution is 2.27. The van der Waals surface area contributed by atoms with Gasteiger partial charge in [0.2, 0.25) is 0 Å². The second-order valence-corrected chi connectivity index (χ2v) is 6.11. The van der Waals surface area contributed by atoms with E-state index in [4.69, 9.17) is 11.6 Å². The summed E-state index contributed by atoms with van der Waals surface area (Å²) in [5.41, 5.74) is 1.05. The van der Waals surface area contributed by atoms with Gasteiger partial charge in [-0.15, -0.1) is 16.9 Å². The molecule has 3 rings (SSSR count). The molecule has 0 spiro atoms. The number of hydrogen-bond donors (Lipinski definition) is 1. The lowest BCUT2D eigenvalue weighted by atomic mass is 10.3. The summed E-state index contributed by atoms with van der Waals surface area (Å²) < 4.78 is 1.49. The second kappa shape index (κ2) is 6.85. The number of aromatic nitrogens is 3. The van der Waals surface area contributed by atoms with Gasteiger partial charge < -0.3 is 5.11 Å². The number of carboxylic acid groups (broad SMARTS) is 1. The minimum absolute atomic E-state index is 0.0617. The van der Waals surface area contributed by atoms with Gasteiger partial charge in [0.1, 0.15) is 0 Å². The van der Waals surface area contributed by atoms with Crippen LogP contribution in [0.1, 0.15) is 16.2 Å². The van der Waals surface area contributed by atoms with Crippen LogP contribution in [0.15, 0.2) is 59.5 Å². The smallest absolute Gasteiger partial charge is 0.358 e. The highest BCUT2D eigenvalue weighted by Gasteiger charge is 2.21. The van der Waals surface area contributed by atoms with Gasteiger partial charge in [0.25, 0.3) is 0 Å². The molecule has 0 aliphatic heterocycles. The van der Waals surface area contributed by atoms with Crippen molar-refractivity contribution in [1.29, 1.82) is 0 Å². The Hall–Kier alpha value is -2.31. The zero-order valence-corrected chi connectivity index (χ0v) is 13.5. The topological polar surface area (TPSA) is 68.0 Å². The molecule has 0 amide bonds. The van der Waals surface area contributed by atoms with Gasteiger partial charge >= 0.3 is 5.97 Å². The molecular weight excluding hydrogens is 334 g/mol. The van der Waals surface area contributed by atoms with Gasteiger partial charge in [-0.3, -0.25) is 0 Å². The van der Waals surface area contributed by atoms with Crippen LogP contribution in [0, 0.1) is 0 Å². The molecule has 1 N–H and O–H groups in total. The van der Waals surface area contributed by atoms with Crippen LogP contribution in [0.2, 0.25) is 5.02 Å². The summed E-state index contributed by atoms with van der Waals surface area (Å²) in [4.78, 5) is 12.4. The van der Waals surface area contributed by atoms with E-state index in [2.05, 4.69) is 10.3 Å². The molecule has 0 unspecified atom stereocenters. The fourth-order valence-electron chi connectivity index (χ4n) is 2.08. The highest BCUT2D eigenvalue weighted by atomic mass is 35.5. The quantitative estimate of drug-likeness (QED) is 0.710. The summed E-state index contributed by atoms with van der Waals surface area (Å²) in [5, 5.41) is 17.6. The Morgan fingerprint density at radius 2 is 1.83 bits per heavy atom. The number of aromatic carboxylic acids is 1. The molecule has 0 bridgehead atoms. The van der Waals surface area contributed by atoms with Gasteiger partial charge in [-0.1, -0.05) is 47.1 Å². The SMILES string of the molecule is O=C(O)c1nnn(-c2ccccc2Cl)c1CSc1ccccc1. The molecule has 0 atom stereocenters. The average molecular weight is 346 g/mol. The van der Waals surface area contributed by atoms with E-state index in [9.17, 15) is 9.90 Å². The molecule has 1 heterocycles.